The minimum absolute atomic E-state index is 0.0652. The molecule has 3 aliphatic rings. The van der Waals surface area contributed by atoms with Crippen LogP contribution >= 0.6 is 0 Å². The first-order chi connectivity index (χ1) is 13.9. The molecule has 1 atom stereocenters. The number of nitrogens with one attached hydrogen (secondary N) is 1. The maximum absolute atomic E-state index is 13.2. The van der Waals surface area contributed by atoms with Gasteiger partial charge in [0.15, 0.2) is 6.61 Å². The number of imide groups is 1. The largest absolute Gasteiger partial charge is 0.452 e. The molecule has 0 radical (unpaired) electrons. The number of para-hydroxylation sites is 1. The Morgan fingerprint density at radius 2 is 1.97 bits per heavy atom. The highest BCUT2D eigenvalue weighted by Gasteiger charge is 2.61. The number of benzene rings is 1. The summed E-state index contributed by atoms with van der Waals surface area (Å²) in [6, 6.07) is 6.06. The standard InChI is InChI=1S/C19H20N4O6/c1-2-22-16(26)12-5-3-4-6-13(12)23-14(24)7-8-19(22,23)17(27)29-11-15(25)21-10-9-20-18(21)28/h3-6H,2,7-11H2,1H3,(H,20,28)/t19-/m0/s1. The summed E-state index contributed by atoms with van der Waals surface area (Å²) in [5, 5.41) is 2.50. The van der Waals surface area contributed by atoms with Crippen LogP contribution < -0.4 is 10.2 Å². The summed E-state index contributed by atoms with van der Waals surface area (Å²) in [6.45, 7) is 1.76. The third-order valence-corrected chi connectivity index (χ3v) is 5.50. The first-order valence-corrected chi connectivity index (χ1v) is 9.41. The van der Waals surface area contributed by atoms with Crippen LogP contribution in [0.25, 0.3) is 0 Å². The van der Waals surface area contributed by atoms with E-state index in [2.05, 4.69) is 5.32 Å². The summed E-state index contributed by atoms with van der Waals surface area (Å²) >= 11 is 0. The van der Waals surface area contributed by atoms with Gasteiger partial charge in [-0.1, -0.05) is 12.1 Å². The number of ether oxygens (including phenoxy) is 1. The van der Waals surface area contributed by atoms with E-state index < -0.39 is 30.2 Å². The highest BCUT2D eigenvalue weighted by Crippen LogP contribution is 2.44. The lowest BCUT2D eigenvalue weighted by atomic mass is 9.96. The van der Waals surface area contributed by atoms with Crippen molar-refractivity contribution < 1.29 is 28.7 Å². The molecule has 3 heterocycles. The van der Waals surface area contributed by atoms with E-state index >= 15 is 0 Å². The van der Waals surface area contributed by atoms with Gasteiger partial charge in [-0.15, -0.1) is 0 Å². The van der Waals surface area contributed by atoms with Crippen LogP contribution in [0.3, 0.4) is 0 Å². The van der Waals surface area contributed by atoms with Crippen molar-refractivity contribution in [2.45, 2.75) is 25.4 Å². The Bertz CT molecular complexity index is 931. The predicted octanol–water partition coefficient (Wildman–Crippen LogP) is 0.0804. The molecule has 29 heavy (non-hydrogen) atoms. The van der Waals surface area contributed by atoms with Crippen molar-refractivity contribution in [1.29, 1.82) is 0 Å². The first kappa shape index (κ1) is 18.9. The Kier molecular flexibility index (Phi) is 4.48. The van der Waals surface area contributed by atoms with Crippen LogP contribution in [0, 0.1) is 0 Å². The van der Waals surface area contributed by atoms with Gasteiger partial charge in [0.05, 0.1) is 11.3 Å². The summed E-state index contributed by atoms with van der Waals surface area (Å²) in [6.07, 6.45) is 0.132. The molecule has 1 aromatic rings. The minimum Gasteiger partial charge on any atom is -0.452 e. The maximum atomic E-state index is 13.2. The molecule has 0 unspecified atom stereocenters. The second-order valence-electron chi connectivity index (χ2n) is 6.97. The van der Waals surface area contributed by atoms with Crippen LogP contribution in [-0.4, -0.2) is 71.4 Å². The number of rotatable bonds is 4. The fourth-order valence-electron chi connectivity index (χ4n) is 4.20. The zero-order valence-electron chi connectivity index (χ0n) is 15.8. The molecule has 4 rings (SSSR count). The van der Waals surface area contributed by atoms with Crippen molar-refractivity contribution in [2.75, 3.05) is 31.1 Å². The fraction of sp³-hybridized carbons (Fsp3) is 0.421. The normalized spacial score (nSPS) is 23.1. The van der Waals surface area contributed by atoms with Gasteiger partial charge in [0.2, 0.25) is 11.6 Å². The molecule has 2 saturated heterocycles. The van der Waals surface area contributed by atoms with Crippen LogP contribution in [0.2, 0.25) is 0 Å². The molecule has 2 fully saturated rings. The van der Waals surface area contributed by atoms with E-state index in [4.69, 9.17) is 4.74 Å². The first-order valence-electron chi connectivity index (χ1n) is 9.41. The molecule has 1 aromatic carbocycles. The van der Waals surface area contributed by atoms with Crippen molar-refractivity contribution in [3.8, 4) is 0 Å². The summed E-state index contributed by atoms with van der Waals surface area (Å²) in [5.41, 5.74) is -0.949. The Labute approximate surface area is 166 Å². The molecule has 0 bridgehead atoms. The van der Waals surface area contributed by atoms with Crippen LogP contribution in [-0.2, 0) is 19.1 Å². The molecule has 10 heteroatoms. The molecule has 0 aromatic heterocycles. The Morgan fingerprint density at radius 1 is 1.21 bits per heavy atom. The predicted molar refractivity (Wildman–Crippen MR) is 98.7 cm³/mol. The van der Waals surface area contributed by atoms with Crippen molar-refractivity contribution >= 4 is 35.4 Å². The number of fused-ring (bicyclic) bond motifs is 3. The van der Waals surface area contributed by atoms with Gasteiger partial charge in [0, 0.05) is 32.5 Å². The van der Waals surface area contributed by atoms with Gasteiger partial charge in [-0.2, -0.15) is 0 Å². The number of anilines is 1. The van der Waals surface area contributed by atoms with Crippen molar-refractivity contribution in [1.82, 2.24) is 15.1 Å². The second kappa shape index (κ2) is 6.87. The second-order valence-corrected chi connectivity index (χ2v) is 6.97. The van der Waals surface area contributed by atoms with Crippen molar-refractivity contribution in [2.24, 2.45) is 0 Å². The molecular weight excluding hydrogens is 380 g/mol. The number of amides is 5. The van der Waals surface area contributed by atoms with Crippen molar-refractivity contribution in [3.05, 3.63) is 29.8 Å². The monoisotopic (exact) mass is 400 g/mol. The lowest BCUT2D eigenvalue weighted by Gasteiger charge is -2.47. The highest BCUT2D eigenvalue weighted by atomic mass is 16.5. The molecule has 5 amide bonds. The number of hydrogen-bond donors (Lipinski definition) is 1. The Hall–Kier alpha value is -3.43. The summed E-state index contributed by atoms with van der Waals surface area (Å²) in [7, 11) is 0. The third-order valence-electron chi connectivity index (χ3n) is 5.50. The molecule has 0 saturated carbocycles. The highest BCUT2D eigenvalue weighted by molar-refractivity contribution is 6.15. The van der Waals surface area contributed by atoms with Crippen LogP contribution in [0.5, 0.6) is 0 Å². The summed E-state index contributed by atoms with van der Waals surface area (Å²) < 4.78 is 5.25. The smallest absolute Gasteiger partial charge is 0.354 e. The van der Waals surface area contributed by atoms with Crippen LogP contribution in [0.4, 0.5) is 10.5 Å². The lowest BCUT2D eigenvalue weighted by molar-refractivity contribution is -0.161. The number of urea groups is 1. The van der Waals surface area contributed by atoms with Crippen LogP contribution in [0.15, 0.2) is 24.3 Å². The average Bonchev–Trinajstić information content (AvgIpc) is 3.30. The summed E-state index contributed by atoms with van der Waals surface area (Å²) in [4.78, 5) is 66.4. The quantitative estimate of drug-likeness (QED) is 0.716. The van der Waals surface area contributed by atoms with E-state index in [1.54, 1.807) is 31.2 Å². The van der Waals surface area contributed by atoms with Gasteiger partial charge in [0.25, 0.3) is 11.8 Å². The zero-order chi connectivity index (χ0) is 20.8. The van der Waals surface area contributed by atoms with Gasteiger partial charge in [-0.25, -0.2) is 9.59 Å². The molecule has 10 nitrogen and oxygen atoms in total. The molecule has 0 aliphatic carbocycles. The molecule has 152 valence electrons. The fourth-order valence-corrected chi connectivity index (χ4v) is 4.20. The molecule has 1 N–H and O–H groups in total. The number of carbonyl (C=O) groups excluding carboxylic acids is 5. The summed E-state index contributed by atoms with van der Waals surface area (Å²) in [5.74, 6) is -2.20. The number of esters is 1. The number of carbonyl (C=O) groups is 5. The van der Waals surface area contributed by atoms with Gasteiger partial charge in [0.1, 0.15) is 0 Å². The van der Waals surface area contributed by atoms with E-state index in [0.29, 0.717) is 17.8 Å². The molecular formula is C19H20N4O6. The number of hydrogen-bond acceptors (Lipinski definition) is 6. The SMILES string of the molecule is CCN1C(=O)c2ccccc2N2C(=O)CC[C@]12C(=O)OCC(=O)N1CCNC1=O. The van der Waals surface area contributed by atoms with Crippen molar-refractivity contribution in [3.63, 3.8) is 0 Å². The average molecular weight is 400 g/mol. The maximum Gasteiger partial charge on any atom is 0.354 e. The minimum atomic E-state index is -1.63. The number of nitrogens with zero attached hydrogens (tertiary/aromatic N) is 3. The third kappa shape index (κ3) is 2.66. The lowest BCUT2D eigenvalue weighted by Crippen LogP contribution is -2.68. The van der Waals surface area contributed by atoms with Gasteiger partial charge in [-0.05, 0) is 19.1 Å². The molecule has 3 aliphatic heterocycles. The Balaban J connectivity index is 1.65. The zero-order valence-corrected chi connectivity index (χ0v) is 15.8. The van der Waals surface area contributed by atoms with Gasteiger partial charge in [-0.3, -0.25) is 24.2 Å². The molecule has 0 spiro atoms. The number of likely N-dealkylation sites (N-methyl/N-ethyl adjacent to an activating group) is 1. The van der Waals surface area contributed by atoms with E-state index in [0.717, 1.165) is 4.90 Å². The van der Waals surface area contributed by atoms with E-state index in [-0.39, 0.29) is 37.7 Å². The Morgan fingerprint density at radius 3 is 2.66 bits per heavy atom. The van der Waals surface area contributed by atoms with Gasteiger partial charge >= 0.3 is 12.0 Å². The van der Waals surface area contributed by atoms with Crippen LogP contribution in [0.1, 0.15) is 30.1 Å². The van der Waals surface area contributed by atoms with E-state index in [1.807, 2.05) is 0 Å². The van der Waals surface area contributed by atoms with Gasteiger partial charge < -0.3 is 15.0 Å². The van der Waals surface area contributed by atoms with E-state index in [1.165, 1.54) is 9.80 Å². The van der Waals surface area contributed by atoms with E-state index in [9.17, 15) is 24.0 Å². The topological polar surface area (TPSA) is 116 Å².